The summed E-state index contributed by atoms with van der Waals surface area (Å²) in [5.74, 6) is 0.779. The normalized spacial score (nSPS) is 12.5. The molecule has 0 aliphatic carbocycles. The Hall–Kier alpha value is -2.81. The van der Waals surface area contributed by atoms with Crippen LogP contribution in [0.4, 0.5) is 8.78 Å². The summed E-state index contributed by atoms with van der Waals surface area (Å²) < 4.78 is 45.4. The van der Waals surface area contributed by atoms with Crippen LogP contribution in [-0.4, -0.2) is 31.3 Å². The van der Waals surface area contributed by atoms with Gasteiger partial charge in [-0.3, -0.25) is 4.79 Å². The van der Waals surface area contributed by atoms with Gasteiger partial charge in [-0.25, -0.2) is 0 Å². The number of nitrogens with zero attached hydrogens (tertiary/aromatic N) is 1. The first-order valence-electron chi connectivity index (χ1n) is 7.38. The smallest absolute Gasteiger partial charge is 0.387 e. The number of carbonyl (C=O) groups is 1. The number of hydrogen-bond donors (Lipinski definition) is 1. The van der Waals surface area contributed by atoms with Crippen LogP contribution < -0.4 is 19.9 Å². The first-order valence-corrected chi connectivity index (χ1v) is 7.38. The third kappa shape index (κ3) is 3.66. The summed E-state index contributed by atoms with van der Waals surface area (Å²) in [5.41, 5.74) is 6.13. The molecule has 0 fully saturated rings. The molecule has 7 nitrogen and oxygen atoms in total. The van der Waals surface area contributed by atoms with Crippen LogP contribution >= 0.6 is 0 Å². The highest BCUT2D eigenvalue weighted by molar-refractivity contribution is 5.93. The average Bonchev–Trinajstić information content (AvgIpc) is 3.22. The molecular weight excluding hydrogens is 338 g/mol. The van der Waals surface area contributed by atoms with Crippen LogP contribution in [0.3, 0.4) is 0 Å². The molecule has 2 heterocycles. The van der Waals surface area contributed by atoms with Crippen LogP contribution in [0.2, 0.25) is 0 Å². The van der Waals surface area contributed by atoms with Gasteiger partial charge in [-0.15, -0.1) is 0 Å². The van der Waals surface area contributed by atoms with E-state index in [9.17, 15) is 13.6 Å². The zero-order valence-electron chi connectivity index (χ0n) is 13.3. The average molecular weight is 354 g/mol. The van der Waals surface area contributed by atoms with E-state index in [1.165, 1.54) is 36.4 Å². The Labute approximate surface area is 141 Å². The van der Waals surface area contributed by atoms with E-state index < -0.39 is 6.61 Å². The number of nitrogens with two attached hydrogens (primary N) is 1. The number of ether oxygens (including phenoxy) is 3. The van der Waals surface area contributed by atoms with E-state index in [0.29, 0.717) is 28.4 Å². The van der Waals surface area contributed by atoms with E-state index in [1.807, 2.05) is 0 Å². The van der Waals surface area contributed by atoms with E-state index in [0.717, 1.165) is 0 Å². The van der Waals surface area contributed by atoms with Gasteiger partial charge in [-0.2, -0.15) is 8.78 Å². The maximum Gasteiger partial charge on any atom is 0.387 e. The van der Waals surface area contributed by atoms with Gasteiger partial charge in [0.1, 0.15) is 17.8 Å². The molecule has 1 aromatic carbocycles. The highest BCUT2D eigenvalue weighted by atomic mass is 19.3. The van der Waals surface area contributed by atoms with Crippen LogP contribution in [0.25, 0.3) is 0 Å². The summed E-state index contributed by atoms with van der Waals surface area (Å²) in [6.45, 7) is -2.80. The molecule has 0 unspecified atom stereocenters. The van der Waals surface area contributed by atoms with Crippen molar-refractivity contribution < 1.29 is 32.2 Å². The maximum atomic E-state index is 12.7. The van der Waals surface area contributed by atoms with Gasteiger partial charge in [0, 0.05) is 25.2 Å². The van der Waals surface area contributed by atoms with Crippen molar-refractivity contribution >= 4 is 5.91 Å². The van der Waals surface area contributed by atoms with Crippen molar-refractivity contribution in [1.82, 2.24) is 4.90 Å². The lowest BCUT2D eigenvalue weighted by molar-refractivity contribution is -0.0507. The van der Waals surface area contributed by atoms with Crippen molar-refractivity contribution in [3.05, 3.63) is 41.3 Å². The van der Waals surface area contributed by atoms with Crippen LogP contribution in [-0.2, 0) is 13.1 Å². The zero-order chi connectivity index (χ0) is 18.0. The minimum atomic E-state index is -3.00. The molecule has 2 aromatic rings. The predicted octanol–water partition coefficient (Wildman–Crippen LogP) is 2.34. The Balaban J connectivity index is 1.82. The van der Waals surface area contributed by atoms with Gasteiger partial charge in [0.25, 0.3) is 5.91 Å². The fourth-order valence-electron chi connectivity index (χ4n) is 2.44. The Bertz CT molecular complexity index is 778. The fraction of sp³-hybridized carbons (Fsp3) is 0.312. The Morgan fingerprint density at radius 2 is 2.04 bits per heavy atom. The van der Waals surface area contributed by atoms with Gasteiger partial charge in [-0.1, -0.05) is 0 Å². The molecule has 0 bridgehead atoms. The van der Waals surface area contributed by atoms with Gasteiger partial charge in [0.05, 0.1) is 12.1 Å². The van der Waals surface area contributed by atoms with Crippen LogP contribution in [0.15, 0.2) is 28.9 Å². The second-order valence-electron chi connectivity index (χ2n) is 5.36. The summed E-state index contributed by atoms with van der Waals surface area (Å²) in [5, 5.41) is 0. The number of rotatable bonds is 6. The van der Waals surface area contributed by atoms with E-state index in [2.05, 4.69) is 4.74 Å². The van der Waals surface area contributed by atoms with Crippen molar-refractivity contribution in [1.29, 1.82) is 0 Å². The lowest BCUT2D eigenvalue weighted by atomic mass is 10.1. The summed E-state index contributed by atoms with van der Waals surface area (Å²) in [6, 6.07) is 4.38. The molecular formula is C16H16F2N2O5. The van der Waals surface area contributed by atoms with E-state index >= 15 is 0 Å². The van der Waals surface area contributed by atoms with Crippen molar-refractivity contribution in [2.45, 2.75) is 19.7 Å². The summed E-state index contributed by atoms with van der Waals surface area (Å²) in [6.07, 6.45) is 1.30. The maximum absolute atomic E-state index is 12.7. The SMILES string of the molecule is CN(Cc1cc2c(cc1OC(F)F)OCO2)C(=O)c1coc(CN)c1. The molecule has 0 spiro atoms. The Morgan fingerprint density at radius 1 is 1.32 bits per heavy atom. The molecule has 25 heavy (non-hydrogen) atoms. The highest BCUT2D eigenvalue weighted by Crippen LogP contribution is 2.39. The van der Waals surface area contributed by atoms with Crippen LogP contribution in [0.1, 0.15) is 21.7 Å². The molecule has 1 aliphatic heterocycles. The number of alkyl halides is 2. The summed E-state index contributed by atoms with van der Waals surface area (Å²) in [4.78, 5) is 13.8. The third-order valence-corrected chi connectivity index (χ3v) is 3.63. The molecule has 2 N–H and O–H groups in total. The minimum absolute atomic E-state index is 0.00143. The topological polar surface area (TPSA) is 87.2 Å². The van der Waals surface area contributed by atoms with Crippen LogP contribution in [0, 0.1) is 0 Å². The molecule has 3 rings (SSSR count). The number of furan rings is 1. The summed E-state index contributed by atoms with van der Waals surface area (Å²) in [7, 11) is 1.54. The largest absolute Gasteiger partial charge is 0.467 e. The minimum Gasteiger partial charge on any atom is -0.467 e. The fourth-order valence-corrected chi connectivity index (χ4v) is 2.44. The van der Waals surface area contributed by atoms with Gasteiger partial charge in [-0.05, 0) is 12.1 Å². The molecule has 9 heteroatoms. The Kier molecular flexibility index (Phi) is 4.75. The molecule has 0 saturated heterocycles. The number of amides is 1. The molecule has 134 valence electrons. The quantitative estimate of drug-likeness (QED) is 0.857. The molecule has 1 amide bonds. The van der Waals surface area contributed by atoms with Crippen molar-refractivity contribution in [2.75, 3.05) is 13.8 Å². The Morgan fingerprint density at radius 3 is 2.68 bits per heavy atom. The zero-order valence-corrected chi connectivity index (χ0v) is 13.3. The van der Waals surface area contributed by atoms with E-state index in [4.69, 9.17) is 19.6 Å². The van der Waals surface area contributed by atoms with E-state index in [-0.39, 0.29) is 31.5 Å². The van der Waals surface area contributed by atoms with Crippen molar-refractivity contribution in [2.24, 2.45) is 5.73 Å². The number of fused-ring (bicyclic) bond motifs is 1. The van der Waals surface area contributed by atoms with Gasteiger partial charge >= 0.3 is 6.61 Å². The number of hydrogen-bond acceptors (Lipinski definition) is 6. The lowest BCUT2D eigenvalue weighted by Crippen LogP contribution is -2.26. The van der Waals surface area contributed by atoms with Gasteiger partial charge in [0.15, 0.2) is 11.5 Å². The van der Waals surface area contributed by atoms with E-state index in [1.54, 1.807) is 0 Å². The van der Waals surface area contributed by atoms with Gasteiger partial charge < -0.3 is 29.3 Å². The predicted molar refractivity (Wildman–Crippen MR) is 81.6 cm³/mol. The molecule has 0 saturated carbocycles. The standard InChI is InChI=1S/C16H16F2N2O5/c1-20(15(21)10-2-11(5-19)22-7-10)6-9-3-13-14(24-8-23-13)4-12(9)25-16(17)18/h2-4,7,16H,5-6,8,19H2,1H3. The van der Waals surface area contributed by atoms with Crippen molar-refractivity contribution in [3.8, 4) is 17.2 Å². The second-order valence-corrected chi connectivity index (χ2v) is 5.36. The van der Waals surface area contributed by atoms with Gasteiger partial charge in [0.2, 0.25) is 6.79 Å². The monoisotopic (exact) mass is 354 g/mol. The van der Waals surface area contributed by atoms with Crippen molar-refractivity contribution in [3.63, 3.8) is 0 Å². The first-order chi connectivity index (χ1) is 12.0. The molecule has 0 atom stereocenters. The second kappa shape index (κ2) is 6.98. The molecule has 1 aliphatic rings. The number of halogens is 2. The highest BCUT2D eigenvalue weighted by Gasteiger charge is 2.22. The lowest BCUT2D eigenvalue weighted by Gasteiger charge is -2.19. The third-order valence-electron chi connectivity index (χ3n) is 3.63. The summed E-state index contributed by atoms with van der Waals surface area (Å²) >= 11 is 0. The number of carbonyl (C=O) groups excluding carboxylic acids is 1. The van der Waals surface area contributed by atoms with Crippen LogP contribution in [0.5, 0.6) is 17.2 Å². The number of benzene rings is 1. The molecule has 1 aromatic heterocycles. The molecule has 0 radical (unpaired) electrons. The first kappa shape index (κ1) is 17.0.